The molecule has 0 saturated carbocycles. The summed E-state index contributed by atoms with van der Waals surface area (Å²) in [6, 6.07) is 34.2. The summed E-state index contributed by atoms with van der Waals surface area (Å²) < 4.78 is 5.00. The van der Waals surface area contributed by atoms with Crippen molar-refractivity contribution in [2.45, 2.75) is 12.3 Å². The van der Waals surface area contributed by atoms with Crippen molar-refractivity contribution in [2.75, 3.05) is 0 Å². The van der Waals surface area contributed by atoms with E-state index in [1.54, 1.807) is 0 Å². The fourth-order valence-electron chi connectivity index (χ4n) is 5.43. The number of nitriles is 1. The summed E-state index contributed by atoms with van der Waals surface area (Å²) in [4.78, 5) is 25.5. The van der Waals surface area contributed by atoms with Gasteiger partial charge in [-0.3, -0.25) is 4.79 Å². The van der Waals surface area contributed by atoms with Crippen molar-refractivity contribution in [3.8, 4) is 6.07 Å². The first-order chi connectivity index (χ1) is 16.6. The van der Waals surface area contributed by atoms with Gasteiger partial charge in [-0.15, -0.1) is 0 Å². The van der Waals surface area contributed by atoms with Crippen molar-refractivity contribution < 1.29 is 14.3 Å². The summed E-state index contributed by atoms with van der Waals surface area (Å²) in [5, 5.41) is 16.5. The molecule has 1 saturated heterocycles. The Morgan fingerprint density at radius 2 is 1.29 bits per heavy atom. The topological polar surface area (TPSA) is 67.2 Å². The molecule has 0 amide bonds. The van der Waals surface area contributed by atoms with Crippen molar-refractivity contribution in [1.82, 2.24) is 0 Å². The van der Waals surface area contributed by atoms with Crippen LogP contribution in [0.5, 0.6) is 0 Å². The first kappa shape index (κ1) is 20.1. The number of carbonyl (C=O) groups is 2. The maximum atomic E-state index is 13.2. The fourth-order valence-corrected chi connectivity index (χ4v) is 5.43. The third-order valence-electron chi connectivity index (χ3n) is 6.93. The summed E-state index contributed by atoms with van der Waals surface area (Å²) in [6.45, 7) is 0. The van der Waals surface area contributed by atoms with Crippen LogP contribution in [0.15, 0.2) is 97.1 Å². The molecule has 162 valence electrons. The van der Waals surface area contributed by atoms with Crippen LogP contribution in [0.3, 0.4) is 0 Å². The van der Waals surface area contributed by atoms with Crippen molar-refractivity contribution in [3.63, 3.8) is 0 Å². The van der Waals surface area contributed by atoms with E-state index in [1.807, 2.05) is 78.9 Å². The fraction of sp³-hybridized carbons (Fsp3) is 0.100. The van der Waals surface area contributed by atoms with Crippen molar-refractivity contribution >= 4 is 44.3 Å². The van der Waals surface area contributed by atoms with Gasteiger partial charge in [0.1, 0.15) is 0 Å². The predicted molar refractivity (Wildman–Crippen MR) is 131 cm³/mol. The van der Waals surface area contributed by atoms with Crippen LogP contribution < -0.4 is 0 Å². The normalized spacial score (nSPS) is 18.8. The number of hydrogen-bond donors (Lipinski definition) is 0. The largest absolute Gasteiger partial charge is 0.392 e. The SMILES string of the molecule is N#C[C@]1([C@@H](c2cccc3ccccc23)c2cccc3ccc4ccccc4c23)CC(=O)OC1=O. The zero-order valence-corrected chi connectivity index (χ0v) is 18.2. The van der Waals surface area contributed by atoms with Crippen LogP contribution in [-0.4, -0.2) is 11.9 Å². The van der Waals surface area contributed by atoms with Gasteiger partial charge in [-0.1, -0.05) is 97.1 Å². The number of ether oxygens (including phenoxy) is 1. The van der Waals surface area contributed by atoms with Gasteiger partial charge in [0, 0.05) is 5.92 Å². The van der Waals surface area contributed by atoms with E-state index in [4.69, 9.17) is 4.74 Å². The second-order valence-electron chi connectivity index (χ2n) is 8.75. The number of fused-ring (bicyclic) bond motifs is 4. The number of esters is 2. The molecule has 6 rings (SSSR count). The summed E-state index contributed by atoms with van der Waals surface area (Å²) in [5.74, 6) is -2.14. The lowest BCUT2D eigenvalue weighted by Gasteiger charge is -2.30. The highest BCUT2D eigenvalue weighted by atomic mass is 16.6. The molecule has 0 aliphatic carbocycles. The summed E-state index contributed by atoms with van der Waals surface area (Å²) in [5.41, 5.74) is -0.00233. The summed E-state index contributed by atoms with van der Waals surface area (Å²) in [7, 11) is 0. The Balaban J connectivity index is 1.78. The first-order valence-corrected chi connectivity index (χ1v) is 11.2. The van der Waals surface area contributed by atoms with Crippen molar-refractivity contribution in [2.24, 2.45) is 5.41 Å². The molecule has 34 heavy (non-hydrogen) atoms. The molecule has 1 aliphatic rings. The van der Waals surface area contributed by atoms with Gasteiger partial charge >= 0.3 is 11.9 Å². The Bertz CT molecular complexity index is 1670. The Kier molecular flexibility index (Phi) is 4.46. The Morgan fingerprint density at radius 1 is 0.706 bits per heavy atom. The minimum Gasteiger partial charge on any atom is -0.392 e. The van der Waals surface area contributed by atoms with Gasteiger partial charge in [0.25, 0.3) is 0 Å². The third kappa shape index (κ3) is 2.84. The van der Waals surface area contributed by atoms with E-state index >= 15 is 0 Å². The summed E-state index contributed by atoms with van der Waals surface area (Å²) in [6.07, 6.45) is -0.280. The molecule has 5 aromatic rings. The lowest BCUT2D eigenvalue weighted by molar-refractivity contribution is -0.154. The Morgan fingerprint density at radius 3 is 2.00 bits per heavy atom. The standard InChI is InChI=1S/C30H19NO3/c31-18-30(17-26(32)34-29(30)33)28(24-13-5-9-19-7-1-3-11-22(19)24)25-14-6-10-21-16-15-20-8-2-4-12-23(20)27(21)25/h1-16,28H,17H2/t28-,30-/m0/s1. The first-order valence-electron chi connectivity index (χ1n) is 11.2. The van der Waals surface area contributed by atoms with Crippen molar-refractivity contribution in [1.29, 1.82) is 5.26 Å². The molecule has 0 spiro atoms. The molecule has 5 aromatic carbocycles. The molecule has 0 bridgehead atoms. The van der Waals surface area contributed by atoms with Gasteiger partial charge in [0.2, 0.25) is 0 Å². The van der Waals surface area contributed by atoms with E-state index in [9.17, 15) is 14.9 Å². The number of rotatable bonds is 3. The molecule has 4 nitrogen and oxygen atoms in total. The second-order valence-corrected chi connectivity index (χ2v) is 8.75. The molecular weight excluding hydrogens is 422 g/mol. The monoisotopic (exact) mass is 441 g/mol. The van der Waals surface area contributed by atoms with Crippen LogP contribution in [0, 0.1) is 16.7 Å². The van der Waals surface area contributed by atoms with Gasteiger partial charge in [-0.05, 0) is 43.4 Å². The average Bonchev–Trinajstić information content (AvgIpc) is 3.17. The molecular formula is C30H19NO3. The zero-order valence-electron chi connectivity index (χ0n) is 18.2. The zero-order chi connectivity index (χ0) is 23.3. The highest BCUT2D eigenvalue weighted by molar-refractivity contribution is 6.10. The van der Waals surface area contributed by atoms with Crippen LogP contribution in [0.4, 0.5) is 0 Å². The molecule has 2 atom stereocenters. The molecule has 0 radical (unpaired) electrons. The lowest BCUT2D eigenvalue weighted by atomic mass is 9.66. The molecule has 1 aliphatic heterocycles. The van der Waals surface area contributed by atoms with Gasteiger partial charge in [0.15, 0.2) is 5.41 Å². The van der Waals surface area contributed by atoms with Crippen LogP contribution in [0.2, 0.25) is 0 Å². The highest BCUT2D eigenvalue weighted by Gasteiger charge is 2.57. The van der Waals surface area contributed by atoms with Gasteiger partial charge in [-0.2, -0.15) is 5.26 Å². The molecule has 0 unspecified atom stereocenters. The number of cyclic esters (lactones) is 2. The lowest BCUT2D eigenvalue weighted by Crippen LogP contribution is -2.33. The number of benzene rings is 5. The van der Waals surface area contributed by atoms with E-state index in [-0.39, 0.29) is 6.42 Å². The third-order valence-corrected chi connectivity index (χ3v) is 6.93. The van der Waals surface area contributed by atoms with E-state index in [0.29, 0.717) is 0 Å². The van der Waals surface area contributed by atoms with E-state index in [1.165, 1.54) is 0 Å². The Labute approximate surface area is 196 Å². The predicted octanol–water partition coefficient (Wildman–Crippen LogP) is 6.26. The van der Waals surface area contributed by atoms with Crippen LogP contribution in [0.25, 0.3) is 32.3 Å². The smallest absolute Gasteiger partial charge is 0.335 e. The minimum atomic E-state index is -1.66. The molecule has 0 N–H and O–H groups in total. The Hall–Kier alpha value is -4.49. The van der Waals surface area contributed by atoms with E-state index in [2.05, 4.69) is 24.3 Å². The van der Waals surface area contributed by atoms with E-state index < -0.39 is 23.3 Å². The maximum absolute atomic E-state index is 13.2. The maximum Gasteiger partial charge on any atom is 0.335 e. The quantitative estimate of drug-likeness (QED) is 0.188. The average molecular weight is 441 g/mol. The van der Waals surface area contributed by atoms with E-state index in [0.717, 1.165) is 43.4 Å². The minimum absolute atomic E-state index is 0.280. The summed E-state index contributed by atoms with van der Waals surface area (Å²) >= 11 is 0. The molecule has 1 fully saturated rings. The molecule has 0 aromatic heterocycles. The van der Waals surface area contributed by atoms with Crippen molar-refractivity contribution in [3.05, 3.63) is 108 Å². The number of hydrogen-bond acceptors (Lipinski definition) is 4. The number of nitrogens with zero attached hydrogens (tertiary/aromatic N) is 1. The molecule has 1 heterocycles. The van der Waals surface area contributed by atoms with Crippen LogP contribution >= 0.6 is 0 Å². The van der Waals surface area contributed by atoms with Crippen LogP contribution in [0.1, 0.15) is 23.5 Å². The van der Waals surface area contributed by atoms with Gasteiger partial charge < -0.3 is 4.74 Å². The number of carbonyl (C=O) groups excluding carboxylic acids is 2. The highest BCUT2D eigenvalue weighted by Crippen LogP contribution is 2.51. The van der Waals surface area contributed by atoms with Crippen LogP contribution in [-0.2, 0) is 14.3 Å². The van der Waals surface area contributed by atoms with Gasteiger partial charge in [-0.25, -0.2) is 4.79 Å². The van der Waals surface area contributed by atoms with Gasteiger partial charge in [0.05, 0.1) is 12.5 Å². The molecule has 4 heteroatoms. The second kappa shape index (κ2) is 7.54.